The molecule has 3 aromatic rings. The van der Waals surface area contributed by atoms with Gasteiger partial charge < -0.3 is 9.72 Å². The molecule has 0 amide bonds. The summed E-state index contributed by atoms with van der Waals surface area (Å²) in [7, 11) is -3.44. The smallest absolute Gasteiger partial charge is 0.219 e. The van der Waals surface area contributed by atoms with Gasteiger partial charge in [-0.05, 0) is 60.2 Å². The van der Waals surface area contributed by atoms with Crippen LogP contribution in [-0.4, -0.2) is 37.9 Å². The summed E-state index contributed by atoms with van der Waals surface area (Å²) >= 11 is 0. The van der Waals surface area contributed by atoms with E-state index in [4.69, 9.17) is 4.74 Å². The number of fused-ring (bicyclic) bond motifs is 1. The fraction of sp³-hybridized carbons (Fsp3) is 0.333. The Bertz CT molecular complexity index is 1210. The zero-order chi connectivity index (χ0) is 21.0. The van der Waals surface area contributed by atoms with E-state index in [0.29, 0.717) is 29.5 Å². The van der Waals surface area contributed by atoms with Crippen LogP contribution in [0.15, 0.2) is 36.4 Å². The minimum atomic E-state index is -3.44. The van der Waals surface area contributed by atoms with E-state index in [9.17, 15) is 21.6 Å². The van der Waals surface area contributed by atoms with E-state index >= 15 is 0 Å². The number of hydrogen-bond donors (Lipinski definition) is 2. The highest BCUT2D eigenvalue weighted by molar-refractivity contribution is 7.90. The second kappa shape index (κ2) is 7.11. The van der Waals surface area contributed by atoms with Gasteiger partial charge in [0.25, 0.3) is 0 Å². The van der Waals surface area contributed by atoms with E-state index in [-0.39, 0.29) is 30.7 Å². The molecule has 5 rings (SSSR count). The van der Waals surface area contributed by atoms with Crippen molar-refractivity contribution in [2.75, 3.05) is 13.2 Å². The maximum absolute atomic E-state index is 14.4. The molecule has 0 bridgehead atoms. The Morgan fingerprint density at radius 3 is 2.33 bits per heavy atom. The number of H-pyrrole nitrogens is 1. The number of ether oxygens (including phenoxy) is 1. The van der Waals surface area contributed by atoms with Crippen molar-refractivity contribution in [3.63, 3.8) is 0 Å². The van der Waals surface area contributed by atoms with Gasteiger partial charge in [-0.15, -0.1) is 0 Å². The first-order valence-corrected chi connectivity index (χ1v) is 11.2. The summed E-state index contributed by atoms with van der Waals surface area (Å²) in [5.74, 6) is -1.88. The van der Waals surface area contributed by atoms with Crippen molar-refractivity contribution < 1.29 is 26.3 Å². The third kappa shape index (κ3) is 3.30. The number of hydrogen-bond acceptors (Lipinski definition) is 3. The summed E-state index contributed by atoms with van der Waals surface area (Å²) in [4.78, 5) is 3.02. The number of aromatic nitrogens is 1. The molecule has 9 heteroatoms. The van der Waals surface area contributed by atoms with E-state index < -0.39 is 32.7 Å². The van der Waals surface area contributed by atoms with E-state index in [1.165, 1.54) is 18.2 Å². The van der Waals surface area contributed by atoms with Crippen LogP contribution < -0.4 is 4.72 Å². The van der Waals surface area contributed by atoms with Gasteiger partial charge in [0.15, 0.2) is 0 Å². The van der Waals surface area contributed by atoms with Crippen molar-refractivity contribution in [2.45, 2.75) is 30.1 Å². The quantitative estimate of drug-likeness (QED) is 0.639. The Labute approximate surface area is 171 Å². The number of nitrogens with one attached hydrogen (secondary N) is 2. The number of sulfonamides is 1. The highest BCUT2D eigenvalue weighted by Crippen LogP contribution is 2.46. The molecule has 5 nitrogen and oxygen atoms in total. The highest BCUT2D eigenvalue weighted by atomic mass is 32.2. The molecule has 1 saturated heterocycles. The Morgan fingerprint density at radius 1 is 1.00 bits per heavy atom. The molecule has 0 radical (unpaired) electrons. The predicted octanol–water partition coefficient (Wildman–Crippen LogP) is 3.82. The molecule has 2 heterocycles. The molecule has 1 aromatic heterocycles. The Hall–Kier alpha value is -2.36. The van der Waals surface area contributed by atoms with Gasteiger partial charge >= 0.3 is 0 Å². The lowest BCUT2D eigenvalue weighted by Gasteiger charge is -2.38. The molecule has 1 aliphatic heterocycles. The maximum atomic E-state index is 14.4. The van der Waals surface area contributed by atoms with Gasteiger partial charge in [0.1, 0.15) is 22.7 Å². The topological polar surface area (TPSA) is 71.2 Å². The van der Waals surface area contributed by atoms with Gasteiger partial charge in [0.2, 0.25) is 10.0 Å². The first-order chi connectivity index (χ1) is 14.3. The third-order valence-corrected chi connectivity index (χ3v) is 7.73. The van der Waals surface area contributed by atoms with Crippen LogP contribution in [0.25, 0.3) is 22.2 Å². The first kappa shape index (κ1) is 19.6. The minimum absolute atomic E-state index is 0.0923. The number of benzene rings is 2. The largest absolute Gasteiger partial charge is 0.378 e. The lowest BCUT2D eigenvalue weighted by atomic mass is 9.74. The van der Waals surface area contributed by atoms with Crippen LogP contribution >= 0.6 is 0 Å². The molecule has 2 aromatic carbocycles. The van der Waals surface area contributed by atoms with Crippen molar-refractivity contribution in [3.8, 4) is 11.3 Å². The molecule has 158 valence electrons. The van der Waals surface area contributed by atoms with Crippen molar-refractivity contribution >= 4 is 20.9 Å². The van der Waals surface area contributed by atoms with Crippen LogP contribution in [0.5, 0.6) is 0 Å². The van der Waals surface area contributed by atoms with Gasteiger partial charge in [-0.2, -0.15) is 0 Å². The van der Waals surface area contributed by atoms with Crippen LogP contribution in [0.3, 0.4) is 0 Å². The van der Waals surface area contributed by atoms with Gasteiger partial charge in [-0.1, -0.05) is 0 Å². The number of aromatic amines is 1. The lowest BCUT2D eigenvalue weighted by molar-refractivity contribution is 0.0407. The molecule has 2 aliphatic rings. The second-order valence-electron chi connectivity index (χ2n) is 7.92. The Balaban J connectivity index is 1.49. The molecule has 0 atom stereocenters. The summed E-state index contributed by atoms with van der Waals surface area (Å²) in [5, 5.41) is -0.104. The van der Waals surface area contributed by atoms with Crippen LogP contribution in [0.1, 0.15) is 24.3 Å². The number of halogens is 3. The molecule has 0 spiro atoms. The fourth-order valence-corrected chi connectivity index (χ4v) is 5.58. The molecule has 0 unspecified atom stereocenters. The standard InChI is InChI=1S/C21H19F3N2O3S/c22-13-3-1-11(2-4-13)20-19(17-7-14(23)8-18(24)21(17)25-20)12-5-15(6-12)26-30(27,28)16-9-29-10-16/h1-4,7-8,12,15-16,25-26H,5-6,9-10H2. The summed E-state index contributed by atoms with van der Waals surface area (Å²) in [5.41, 5.74) is 2.14. The van der Waals surface area contributed by atoms with Crippen molar-refractivity contribution in [1.29, 1.82) is 0 Å². The molecular formula is C21H19F3N2O3S. The monoisotopic (exact) mass is 436 g/mol. The predicted molar refractivity (Wildman–Crippen MR) is 106 cm³/mol. The Morgan fingerprint density at radius 2 is 1.70 bits per heavy atom. The zero-order valence-electron chi connectivity index (χ0n) is 15.8. The van der Waals surface area contributed by atoms with Crippen molar-refractivity contribution in [3.05, 3.63) is 59.4 Å². The normalized spacial score (nSPS) is 22.1. The average Bonchev–Trinajstić information content (AvgIpc) is 2.95. The van der Waals surface area contributed by atoms with E-state index in [1.54, 1.807) is 12.1 Å². The molecule has 2 N–H and O–H groups in total. The summed E-state index contributed by atoms with van der Waals surface area (Å²) in [6.45, 7) is 0.391. The molecule has 2 fully saturated rings. The van der Waals surface area contributed by atoms with Crippen molar-refractivity contribution in [1.82, 2.24) is 9.71 Å². The van der Waals surface area contributed by atoms with E-state index in [1.807, 2.05) is 0 Å². The van der Waals surface area contributed by atoms with Crippen LogP contribution in [-0.2, 0) is 14.8 Å². The van der Waals surface area contributed by atoms with Gasteiger partial charge in [0, 0.05) is 17.5 Å². The van der Waals surface area contributed by atoms with E-state index in [2.05, 4.69) is 9.71 Å². The van der Waals surface area contributed by atoms with Gasteiger partial charge in [-0.25, -0.2) is 26.3 Å². The fourth-order valence-electron chi connectivity index (χ4n) is 4.18. The van der Waals surface area contributed by atoms with Crippen LogP contribution in [0.2, 0.25) is 0 Å². The maximum Gasteiger partial charge on any atom is 0.219 e. The lowest BCUT2D eigenvalue weighted by Crippen LogP contribution is -2.52. The SMILES string of the molecule is O=S(=O)(NC1CC(c2c(-c3ccc(F)cc3)[nH]c3c(F)cc(F)cc23)C1)C1COC1. The van der Waals surface area contributed by atoms with Crippen LogP contribution in [0, 0.1) is 17.5 Å². The minimum Gasteiger partial charge on any atom is -0.378 e. The number of rotatable bonds is 5. The molecular weight excluding hydrogens is 417 g/mol. The highest BCUT2D eigenvalue weighted by Gasteiger charge is 2.40. The third-order valence-electron chi connectivity index (χ3n) is 5.92. The van der Waals surface area contributed by atoms with Gasteiger partial charge in [0.05, 0.1) is 24.4 Å². The summed E-state index contributed by atoms with van der Waals surface area (Å²) < 4.78 is 74.0. The van der Waals surface area contributed by atoms with Gasteiger partial charge in [-0.3, -0.25) is 0 Å². The van der Waals surface area contributed by atoms with Crippen molar-refractivity contribution in [2.24, 2.45) is 0 Å². The van der Waals surface area contributed by atoms with Crippen LogP contribution in [0.4, 0.5) is 13.2 Å². The summed E-state index contributed by atoms with van der Waals surface area (Å²) in [6, 6.07) is 7.61. The van der Waals surface area contributed by atoms with E-state index in [0.717, 1.165) is 11.6 Å². The second-order valence-corrected chi connectivity index (χ2v) is 9.91. The average molecular weight is 436 g/mol. The summed E-state index contributed by atoms with van der Waals surface area (Å²) in [6.07, 6.45) is 1.01. The zero-order valence-corrected chi connectivity index (χ0v) is 16.6. The molecule has 1 aliphatic carbocycles. The molecule has 30 heavy (non-hydrogen) atoms. The molecule has 1 saturated carbocycles. The Kier molecular flexibility index (Phi) is 4.64. The first-order valence-electron chi connectivity index (χ1n) is 9.67.